The Kier molecular flexibility index (Phi) is 7.22. The van der Waals surface area contributed by atoms with Crippen molar-refractivity contribution in [1.29, 1.82) is 0 Å². The fourth-order valence-corrected chi connectivity index (χ4v) is 1.70. The molecule has 0 aliphatic carbocycles. The first-order valence-electron chi connectivity index (χ1n) is 6.73. The number of rotatable bonds is 9. The number of amides is 1. The Morgan fingerprint density at radius 3 is 2.95 bits per heavy atom. The maximum atomic E-state index is 11.6. The molecule has 0 fully saturated rings. The number of nitrogens with two attached hydrogens (primary N) is 1. The van der Waals surface area contributed by atoms with Gasteiger partial charge in [0.25, 0.3) is 0 Å². The minimum atomic E-state index is -0.413. The average Bonchev–Trinajstić information content (AvgIpc) is 2.85. The van der Waals surface area contributed by atoms with E-state index in [-0.39, 0.29) is 5.91 Å². The second-order valence-corrected chi connectivity index (χ2v) is 5.01. The van der Waals surface area contributed by atoms with Gasteiger partial charge in [0.15, 0.2) is 0 Å². The van der Waals surface area contributed by atoms with E-state index in [1.54, 1.807) is 6.26 Å². The molecule has 0 spiro atoms. The third-order valence-electron chi connectivity index (χ3n) is 2.65. The molecule has 1 atom stereocenters. The van der Waals surface area contributed by atoms with Crippen molar-refractivity contribution in [2.45, 2.75) is 39.3 Å². The van der Waals surface area contributed by atoms with Crippen LogP contribution in [0.4, 0.5) is 0 Å². The number of hydrogen-bond donors (Lipinski definition) is 2. The standard InChI is InChI=1S/C14H24N2O3/c1-11(2)9-13(15)14(17)16-6-4-7-18-10-12-5-3-8-19-12/h3,5,8,11,13H,4,6-7,9-10,15H2,1-2H3,(H,16,17)/t13-/m1/s1. The molecule has 0 saturated carbocycles. The molecule has 19 heavy (non-hydrogen) atoms. The summed E-state index contributed by atoms with van der Waals surface area (Å²) in [5.74, 6) is 1.15. The van der Waals surface area contributed by atoms with Gasteiger partial charge in [0.2, 0.25) is 5.91 Å². The lowest BCUT2D eigenvalue weighted by molar-refractivity contribution is -0.122. The summed E-state index contributed by atoms with van der Waals surface area (Å²) in [6, 6.07) is 3.28. The third kappa shape index (κ3) is 6.98. The monoisotopic (exact) mass is 268 g/mol. The van der Waals surface area contributed by atoms with E-state index in [1.165, 1.54) is 0 Å². The van der Waals surface area contributed by atoms with E-state index in [0.29, 0.717) is 32.1 Å². The highest BCUT2D eigenvalue weighted by atomic mass is 16.5. The summed E-state index contributed by atoms with van der Waals surface area (Å²) in [4.78, 5) is 11.6. The second kappa shape index (κ2) is 8.72. The van der Waals surface area contributed by atoms with Crippen molar-refractivity contribution in [3.63, 3.8) is 0 Å². The fraction of sp³-hybridized carbons (Fsp3) is 0.643. The Morgan fingerprint density at radius 1 is 1.53 bits per heavy atom. The maximum Gasteiger partial charge on any atom is 0.236 e. The first kappa shape index (κ1) is 15.7. The third-order valence-corrected chi connectivity index (χ3v) is 2.65. The number of carbonyl (C=O) groups excluding carboxylic acids is 1. The van der Waals surface area contributed by atoms with Gasteiger partial charge in [0, 0.05) is 13.2 Å². The highest BCUT2D eigenvalue weighted by molar-refractivity contribution is 5.81. The van der Waals surface area contributed by atoms with Crippen molar-refractivity contribution >= 4 is 5.91 Å². The zero-order valence-corrected chi connectivity index (χ0v) is 11.7. The van der Waals surface area contributed by atoms with E-state index in [1.807, 2.05) is 12.1 Å². The van der Waals surface area contributed by atoms with Crippen molar-refractivity contribution in [3.05, 3.63) is 24.2 Å². The van der Waals surface area contributed by atoms with Crippen LogP contribution in [0.3, 0.4) is 0 Å². The molecule has 0 aromatic carbocycles. The zero-order chi connectivity index (χ0) is 14.1. The Bertz CT molecular complexity index is 350. The number of hydrogen-bond acceptors (Lipinski definition) is 4. The van der Waals surface area contributed by atoms with Gasteiger partial charge >= 0.3 is 0 Å². The summed E-state index contributed by atoms with van der Waals surface area (Å²) in [5, 5.41) is 2.81. The van der Waals surface area contributed by atoms with Crippen LogP contribution >= 0.6 is 0 Å². The topological polar surface area (TPSA) is 77.5 Å². The van der Waals surface area contributed by atoms with Crippen LogP contribution in [0.15, 0.2) is 22.8 Å². The van der Waals surface area contributed by atoms with Crippen LogP contribution in [-0.2, 0) is 16.1 Å². The molecule has 0 aliphatic heterocycles. The summed E-state index contributed by atoms with van der Waals surface area (Å²) in [5.41, 5.74) is 5.77. The van der Waals surface area contributed by atoms with Gasteiger partial charge in [-0.25, -0.2) is 0 Å². The summed E-state index contributed by atoms with van der Waals surface area (Å²) in [6.45, 7) is 5.74. The van der Waals surface area contributed by atoms with Crippen molar-refractivity contribution in [2.24, 2.45) is 11.7 Å². The molecule has 0 bridgehead atoms. The van der Waals surface area contributed by atoms with Crippen molar-refractivity contribution < 1.29 is 13.9 Å². The van der Waals surface area contributed by atoms with Crippen LogP contribution in [0.2, 0.25) is 0 Å². The van der Waals surface area contributed by atoms with E-state index in [4.69, 9.17) is 14.9 Å². The predicted molar refractivity (Wildman–Crippen MR) is 73.4 cm³/mol. The van der Waals surface area contributed by atoms with E-state index >= 15 is 0 Å². The quantitative estimate of drug-likeness (QED) is 0.668. The lowest BCUT2D eigenvalue weighted by atomic mass is 10.0. The summed E-state index contributed by atoms with van der Waals surface area (Å²) >= 11 is 0. The molecule has 1 heterocycles. The average molecular weight is 268 g/mol. The highest BCUT2D eigenvalue weighted by Crippen LogP contribution is 2.03. The SMILES string of the molecule is CC(C)C[C@@H](N)C(=O)NCCCOCc1ccco1. The van der Waals surface area contributed by atoms with Gasteiger partial charge in [-0.3, -0.25) is 4.79 Å². The van der Waals surface area contributed by atoms with Gasteiger partial charge in [-0.05, 0) is 30.9 Å². The molecular formula is C14H24N2O3. The molecule has 3 N–H and O–H groups in total. The van der Waals surface area contributed by atoms with Gasteiger partial charge in [0.1, 0.15) is 12.4 Å². The molecule has 1 rings (SSSR count). The molecule has 0 radical (unpaired) electrons. The number of carbonyl (C=O) groups is 1. The van der Waals surface area contributed by atoms with Crippen LogP contribution in [0.5, 0.6) is 0 Å². The lowest BCUT2D eigenvalue weighted by Gasteiger charge is -2.14. The van der Waals surface area contributed by atoms with Gasteiger partial charge in [-0.15, -0.1) is 0 Å². The molecule has 0 saturated heterocycles. The van der Waals surface area contributed by atoms with E-state index in [9.17, 15) is 4.79 Å². The van der Waals surface area contributed by atoms with E-state index in [0.717, 1.165) is 12.2 Å². The minimum absolute atomic E-state index is 0.0836. The van der Waals surface area contributed by atoms with Gasteiger partial charge in [-0.2, -0.15) is 0 Å². The van der Waals surface area contributed by atoms with Crippen LogP contribution in [-0.4, -0.2) is 25.1 Å². The van der Waals surface area contributed by atoms with Gasteiger partial charge < -0.3 is 20.2 Å². The van der Waals surface area contributed by atoms with Crippen LogP contribution in [0.25, 0.3) is 0 Å². The minimum Gasteiger partial charge on any atom is -0.467 e. The Hall–Kier alpha value is -1.33. The maximum absolute atomic E-state index is 11.6. The molecule has 5 heteroatoms. The zero-order valence-electron chi connectivity index (χ0n) is 11.7. The predicted octanol–water partition coefficient (Wildman–Crippen LogP) is 1.68. The summed E-state index contributed by atoms with van der Waals surface area (Å²) in [6.07, 6.45) is 3.09. The molecule has 1 aromatic heterocycles. The smallest absolute Gasteiger partial charge is 0.236 e. The van der Waals surface area contributed by atoms with Crippen molar-refractivity contribution in [3.8, 4) is 0 Å². The van der Waals surface area contributed by atoms with Crippen LogP contribution in [0, 0.1) is 5.92 Å². The Morgan fingerprint density at radius 2 is 2.32 bits per heavy atom. The molecule has 1 aromatic rings. The first-order chi connectivity index (χ1) is 9.09. The molecular weight excluding hydrogens is 244 g/mol. The van der Waals surface area contributed by atoms with E-state index < -0.39 is 6.04 Å². The summed E-state index contributed by atoms with van der Waals surface area (Å²) in [7, 11) is 0. The van der Waals surface area contributed by atoms with E-state index in [2.05, 4.69) is 19.2 Å². The molecule has 5 nitrogen and oxygen atoms in total. The van der Waals surface area contributed by atoms with Crippen molar-refractivity contribution in [1.82, 2.24) is 5.32 Å². The number of nitrogens with one attached hydrogen (secondary N) is 1. The van der Waals surface area contributed by atoms with Gasteiger partial charge in [-0.1, -0.05) is 13.8 Å². The Balaban J connectivity index is 1.99. The van der Waals surface area contributed by atoms with Crippen LogP contribution in [0.1, 0.15) is 32.4 Å². The largest absolute Gasteiger partial charge is 0.467 e. The first-order valence-corrected chi connectivity index (χ1v) is 6.73. The number of ether oxygens (including phenoxy) is 1. The number of furan rings is 1. The normalized spacial score (nSPS) is 12.6. The molecule has 0 aliphatic rings. The van der Waals surface area contributed by atoms with Crippen LogP contribution < -0.4 is 11.1 Å². The molecule has 1 amide bonds. The van der Waals surface area contributed by atoms with Crippen molar-refractivity contribution in [2.75, 3.05) is 13.2 Å². The van der Waals surface area contributed by atoms with Gasteiger partial charge in [0.05, 0.1) is 12.3 Å². The lowest BCUT2D eigenvalue weighted by Crippen LogP contribution is -2.41. The molecule has 0 unspecified atom stereocenters. The second-order valence-electron chi connectivity index (χ2n) is 5.01. The summed E-state index contributed by atoms with van der Waals surface area (Å²) < 4.78 is 10.5. The fourth-order valence-electron chi connectivity index (χ4n) is 1.70. The highest BCUT2D eigenvalue weighted by Gasteiger charge is 2.13. The Labute approximate surface area is 114 Å². The molecule has 108 valence electrons.